The van der Waals surface area contributed by atoms with E-state index in [0.717, 1.165) is 25.2 Å². The largest absolute Gasteiger partial charge is 0.376 e. The van der Waals surface area contributed by atoms with Crippen LogP contribution in [-0.2, 0) is 12.9 Å². The minimum absolute atomic E-state index is 0.469. The van der Waals surface area contributed by atoms with Gasteiger partial charge >= 0.3 is 0 Å². The van der Waals surface area contributed by atoms with Crippen molar-refractivity contribution in [2.45, 2.75) is 51.4 Å². The topological polar surface area (TPSA) is 55.1 Å². The van der Waals surface area contributed by atoms with Gasteiger partial charge in [0.15, 0.2) is 0 Å². The maximum absolute atomic E-state index is 5.49. The van der Waals surface area contributed by atoms with Crippen molar-refractivity contribution in [2.24, 2.45) is 4.99 Å². The molecule has 0 atom stereocenters. The van der Waals surface area contributed by atoms with Crippen LogP contribution in [0.3, 0.4) is 0 Å². The lowest BCUT2D eigenvalue weighted by molar-refractivity contribution is 0.513. The summed E-state index contributed by atoms with van der Waals surface area (Å²) in [5, 5.41) is 11.1. The first-order valence-corrected chi connectivity index (χ1v) is 7.10. The maximum atomic E-state index is 5.49. The number of aromatic nitrogens is 3. The average molecular weight is 261 g/mol. The van der Waals surface area contributed by atoms with Gasteiger partial charge in [-0.3, -0.25) is 9.67 Å². The molecular formula is C13H24BN5. The van der Waals surface area contributed by atoms with Crippen LogP contribution >= 0.6 is 0 Å². The molecule has 0 unspecified atom stereocenters. The first kappa shape index (κ1) is 15.7. The van der Waals surface area contributed by atoms with Crippen molar-refractivity contribution < 1.29 is 0 Å². The van der Waals surface area contributed by atoms with Crippen molar-refractivity contribution in [3.05, 3.63) is 11.9 Å². The van der Waals surface area contributed by atoms with Crippen LogP contribution in [0.4, 0.5) is 0 Å². The zero-order valence-corrected chi connectivity index (χ0v) is 11.9. The van der Waals surface area contributed by atoms with Gasteiger partial charge in [-0.15, -0.1) is 5.10 Å². The van der Waals surface area contributed by atoms with Crippen molar-refractivity contribution in [1.82, 2.24) is 20.3 Å². The van der Waals surface area contributed by atoms with E-state index in [1.165, 1.54) is 32.1 Å². The quantitative estimate of drug-likeness (QED) is 0.284. The Labute approximate surface area is 117 Å². The smallest absolute Gasteiger partial charge is 0.0820 e. The molecule has 6 heteroatoms. The summed E-state index contributed by atoms with van der Waals surface area (Å²) in [7, 11) is 7.26. The lowest BCUT2D eigenvalue weighted by atomic mass is 10.0. The van der Waals surface area contributed by atoms with Gasteiger partial charge in [-0.1, -0.05) is 30.9 Å². The third kappa shape index (κ3) is 7.64. The zero-order valence-electron chi connectivity index (χ0n) is 11.9. The summed E-state index contributed by atoms with van der Waals surface area (Å²) in [6.45, 7) is 1.97. The molecule has 5 nitrogen and oxygen atoms in total. The molecule has 0 saturated heterocycles. The second-order valence-corrected chi connectivity index (χ2v) is 4.64. The highest BCUT2D eigenvalue weighted by atomic mass is 15.4. The van der Waals surface area contributed by atoms with Crippen molar-refractivity contribution in [1.29, 1.82) is 0 Å². The molecule has 1 aromatic heterocycles. The van der Waals surface area contributed by atoms with Gasteiger partial charge in [0.05, 0.1) is 19.9 Å². The number of hydrogen-bond donors (Lipinski definition) is 1. The maximum Gasteiger partial charge on any atom is 0.0820 e. The van der Waals surface area contributed by atoms with Gasteiger partial charge in [0.25, 0.3) is 0 Å². The van der Waals surface area contributed by atoms with Crippen LogP contribution in [0.5, 0.6) is 0 Å². The molecule has 0 aliphatic carbocycles. The van der Waals surface area contributed by atoms with Crippen LogP contribution in [0.15, 0.2) is 11.2 Å². The van der Waals surface area contributed by atoms with E-state index in [-0.39, 0.29) is 0 Å². The molecule has 1 N–H and O–H groups in total. The highest BCUT2D eigenvalue weighted by Gasteiger charge is 1.97. The van der Waals surface area contributed by atoms with E-state index in [1.807, 2.05) is 10.9 Å². The SMILES string of the molecule is [B]Cc1cn(CCCCCCCCNC=NC)nn1. The van der Waals surface area contributed by atoms with Gasteiger partial charge in [-0.05, 0) is 19.2 Å². The highest BCUT2D eigenvalue weighted by molar-refractivity contribution is 6.08. The third-order valence-corrected chi connectivity index (χ3v) is 2.97. The van der Waals surface area contributed by atoms with E-state index < -0.39 is 0 Å². The Hall–Kier alpha value is -1.33. The molecule has 104 valence electrons. The first-order chi connectivity index (χ1) is 9.36. The van der Waals surface area contributed by atoms with Gasteiger partial charge in [-0.2, -0.15) is 0 Å². The fraction of sp³-hybridized carbons (Fsp3) is 0.769. The Bertz CT molecular complexity index is 351. The molecule has 1 aromatic rings. The van der Waals surface area contributed by atoms with E-state index in [0.29, 0.717) is 6.32 Å². The monoisotopic (exact) mass is 261 g/mol. The Morgan fingerprint density at radius 3 is 2.68 bits per heavy atom. The van der Waals surface area contributed by atoms with Gasteiger partial charge < -0.3 is 5.32 Å². The molecule has 1 heterocycles. The van der Waals surface area contributed by atoms with Crippen LogP contribution in [0, 0.1) is 0 Å². The fourth-order valence-corrected chi connectivity index (χ4v) is 1.91. The Kier molecular flexibility index (Phi) is 8.76. The minimum Gasteiger partial charge on any atom is -0.376 e. The summed E-state index contributed by atoms with van der Waals surface area (Å²) < 4.78 is 1.89. The normalized spacial score (nSPS) is 11.2. The average Bonchev–Trinajstić information content (AvgIpc) is 2.89. The number of hydrogen-bond acceptors (Lipinski definition) is 3. The number of rotatable bonds is 11. The van der Waals surface area contributed by atoms with Gasteiger partial charge in [0.1, 0.15) is 0 Å². The van der Waals surface area contributed by atoms with Crippen LogP contribution in [-0.4, -0.2) is 42.8 Å². The van der Waals surface area contributed by atoms with Gasteiger partial charge in [-0.25, -0.2) is 0 Å². The molecule has 0 aliphatic heterocycles. The number of nitrogens with one attached hydrogen (secondary N) is 1. The lowest BCUT2D eigenvalue weighted by Gasteiger charge is -2.02. The number of aliphatic imine (C=N–C) groups is 1. The second kappa shape index (κ2) is 10.6. The molecule has 0 aromatic carbocycles. The van der Waals surface area contributed by atoms with Crippen molar-refractivity contribution in [2.75, 3.05) is 13.6 Å². The van der Waals surface area contributed by atoms with Crippen LogP contribution in [0.1, 0.15) is 44.2 Å². The summed E-state index contributed by atoms with van der Waals surface area (Å²) in [6.07, 6.45) is 11.7. The summed E-state index contributed by atoms with van der Waals surface area (Å²) in [6, 6.07) is 0. The molecular weight excluding hydrogens is 237 g/mol. The number of aryl methyl sites for hydroxylation is 1. The van der Waals surface area contributed by atoms with Crippen LogP contribution in [0.2, 0.25) is 0 Å². The lowest BCUT2D eigenvalue weighted by Crippen LogP contribution is -2.12. The molecule has 0 aliphatic rings. The molecule has 0 amide bonds. The zero-order chi connectivity index (χ0) is 13.8. The van der Waals surface area contributed by atoms with E-state index in [1.54, 1.807) is 13.4 Å². The van der Waals surface area contributed by atoms with Gasteiger partial charge in [0.2, 0.25) is 0 Å². The highest BCUT2D eigenvalue weighted by Crippen LogP contribution is 2.06. The Balaban J connectivity index is 1.88. The predicted molar refractivity (Wildman–Crippen MR) is 79.6 cm³/mol. The number of nitrogens with zero attached hydrogens (tertiary/aromatic N) is 4. The second-order valence-electron chi connectivity index (χ2n) is 4.64. The van der Waals surface area contributed by atoms with E-state index >= 15 is 0 Å². The summed E-state index contributed by atoms with van der Waals surface area (Å²) in [5.74, 6) is 0. The standard InChI is InChI=1S/C13H24BN5/c1-15-12-16-8-6-4-2-3-5-7-9-19-11-13(10-14)17-18-19/h11-12H,2-10H2,1H3,(H,15,16). The summed E-state index contributed by atoms with van der Waals surface area (Å²) in [4.78, 5) is 3.87. The predicted octanol–water partition coefficient (Wildman–Crippen LogP) is 1.53. The van der Waals surface area contributed by atoms with E-state index in [2.05, 4.69) is 20.6 Å². The van der Waals surface area contributed by atoms with Crippen LogP contribution < -0.4 is 5.32 Å². The number of unbranched alkanes of at least 4 members (excludes halogenated alkanes) is 5. The third-order valence-electron chi connectivity index (χ3n) is 2.97. The summed E-state index contributed by atoms with van der Waals surface area (Å²) in [5.41, 5.74) is 0.864. The van der Waals surface area contributed by atoms with Crippen LogP contribution in [0.25, 0.3) is 0 Å². The molecule has 0 spiro atoms. The molecule has 2 radical (unpaired) electrons. The molecule has 0 bridgehead atoms. The van der Waals surface area contributed by atoms with E-state index in [9.17, 15) is 0 Å². The molecule has 0 fully saturated rings. The minimum atomic E-state index is 0.469. The summed E-state index contributed by atoms with van der Waals surface area (Å²) >= 11 is 0. The van der Waals surface area contributed by atoms with Crippen molar-refractivity contribution >= 4 is 14.2 Å². The Morgan fingerprint density at radius 2 is 2.00 bits per heavy atom. The Morgan fingerprint density at radius 1 is 1.26 bits per heavy atom. The van der Waals surface area contributed by atoms with Crippen molar-refractivity contribution in [3.63, 3.8) is 0 Å². The van der Waals surface area contributed by atoms with Crippen molar-refractivity contribution in [3.8, 4) is 0 Å². The molecule has 19 heavy (non-hydrogen) atoms. The molecule has 1 rings (SSSR count). The van der Waals surface area contributed by atoms with E-state index in [4.69, 9.17) is 7.85 Å². The van der Waals surface area contributed by atoms with Gasteiger partial charge in [0, 0.05) is 26.3 Å². The first-order valence-electron chi connectivity index (χ1n) is 7.10. The molecule has 0 saturated carbocycles. The fourth-order valence-electron chi connectivity index (χ4n) is 1.91.